The van der Waals surface area contributed by atoms with Crippen LogP contribution in [0.25, 0.3) is 5.76 Å². The first-order valence-electron chi connectivity index (χ1n) is 8.56. The zero-order valence-corrected chi connectivity index (χ0v) is 16.3. The van der Waals surface area contributed by atoms with Crippen LogP contribution in [0, 0.1) is 0 Å². The maximum absolute atomic E-state index is 12.8. The summed E-state index contributed by atoms with van der Waals surface area (Å²) in [4.78, 5) is 36.8. The minimum absolute atomic E-state index is 0.0654. The largest absolute Gasteiger partial charge is 0.507 e. The fourth-order valence-corrected chi connectivity index (χ4v) is 2.58. The molecule has 0 aromatic heterocycles. The van der Waals surface area contributed by atoms with Crippen molar-refractivity contribution in [3.8, 4) is 11.5 Å². The van der Waals surface area contributed by atoms with Crippen LogP contribution in [0.1, 0.15) is 25.8 Å². The zero-order valence-electron chi connectivity index (χ0n) is 16.3. The molecule has 0 atom stereocenters. The second kappa shape index (κ2) is 8.16. The number of phenolic OH excluding ortho intramolecular Hbond substituents is 2. The second-order valence-corrected chi connectivity index (χ2v) is 6.68. The van der Waals surface area contributed by atoms with E-state index in [1.165, 1.54) is 19.9 Å². The lowest BCUT2D eigenvalue weighted by atomic mass is 9.90. The molecule has 0 spiro atoms. The predicted molar refractivity (Wildman–Crippen MR) is 104 cm³/mol. The van der Waals surface area contributed by atoms with Gasteiger partial charge in [-0.05, 0) is 26.0 Å². The van der Waals surface area contributed by atoms with E-state index in [0.717, 1.165) is 18.2 Å². The Labute approximate surface area is 171 Å². The predicted octanol–water partition coefficient (Wildman–Crippen LogP) is 2.72. The summed E-state index contributed by atoms with van der Waals surface area (Å²) in [6, 6.07) is 3.59. The van der Waals surface area contributed by atoms with Crippen LogP contribution >= 0.6 is 0 Å². The van der Waals surface area contributed by atoms with E-state index in [1.54, 1.807) is 0 Å². The molecular weight excluding hydrogens is 396 g/mol. The quantitative estimate of drug-likeness (QED) is 0.246. The minimum atomic E-state index is -2.32. The van der Waals surface area contributed by atoms with Crippen molar-refractivity contribution in [2.75, 3.05) is 0 Å². The van der Waals surface area contributed by atoms with E-state index in [-0.39, 0.29) is 11.1 Å². The van der Waals surface area contributed by atoms with E-state index in [4.69, 9.17) is 9.47 Å². The Morgan fingerprint density at radius 1 is 1.00 bits per heavy atom. The average molecular weight is 416 g/mol. The highest BCUT2D eigenvalue weighted by Crippen LogP contribution is 2.39. The van der Waals surface area contributed by atoms with Crippen LogP contribution < -0.4 is 0 Å². The highest BCUT2D eigenvalue weighted by atomic mass is 16.7. The van der Waals surface area contributed by atoms with Gasteiger partial charge >= 0.3 is 11.9 Å². The van der Waals surface area contributed by atoms with E-state index in [9.17, 15) is 34.8 Å². The van der Waals surface area contributed by atoms with Gasteiger partial charge in [-0.2, -0.15) is 0 Å². The normalized spacial score (nSPS) is 16.9. The third-order valence-corrected chi connectivity index (χ3v) is 4.02. The molecule has 1 aliphatic carbocycles. The number of ketones is 1. The summed E-state index contributed by atoms with van der Waals surface area (Å²) in [7, 11) is 0. The van der Waals surface area contributed by atoms with Crippen LogP contribution in [-0.2, 0) is 23.9 Å². The molecule has 1 aromatic carbocycles. The lowest BCUT2D eigenvalue weighted by molar-refractivity contribution is -0.208. The molecule has 2 rings (SSSR count). The van der Waals surface area contributed by atoms with Gasteiger partial charge in [0, 0.05) is 17.2 Å². The zero-order chi connectivity index (χ0) is 22.8. The smallest absolute Gasteiger partial charge is 0.336 e. The SMILES string of the molecule is C=C(C)C(=O)OC1(OC(=O)C(=C)C)C=C(O)C(=C(O)c2c(O)cccc2O)C(=O)C1. The van der Waals surface area contributed by atoms with Gasteiger partial charge < -0.3 is 29.9 Å². The molecule has 0 aliphatic heterocycles. The summed E-state index contributed by atoms with van der Waals surface area (Å²) in [5.41, 5.74) is -1.31. The maximum atomic E-state index is 12.8. The van der Waals surface area contributed by atoms with Gasteiger partial charge in [-0.15, -0.1) is 0 Å². The second-order valence-electron chi connectivity index (χ2n) is 6.68. The number of hydrogen-bond donors (Lipinski definition) is 4. The Bertz CT molecular complexity index is 979. The maximum Gasteiger partial charge on any atom is 0.336 e. The van der Waals surface area contributed by atoms with Gasteiger partial charge in [-0.3, -0.25) is 4.79 Å². The number of aliphatic hydroxyl groups excluding tert-OH is 2. The molecule has 0 saturated carbocycles. The molecule has 158 valence electrons. The number of aliphatic hydroxyl groups is 2. The number of Topliss-reactive ketones (excluding diaryl/α,β-unsaturated/α-hetero) is 1. The van der Waals surface area contributed by atoms with Crippen LogP contribution in [0.2, 0.25) is 0 Å². The molecule has 0 unspecified atom stereocenters. The number of hydrogen-bond acceptors (Lipinski definition) is 9. The molecule has 0 bridgehead atoms. The van der Waals surface area contributed by atoms with Gasteiger partial charge in [0.25, 0.3) is 5.79 Å². The van der Waals surface area contributed by atoms with Crippen molar-refractivity contribution in [2.45, 2.75) is 26.1 Å². The first kappa shape index (κ1) is 22.3. The van der Waals surface area contributed by atoms with Crippen LogP contribution in [0.5, 0.6) is 11.5 Å². The number of carbonyl (C=O) groups is 3. The summed E-state index contributed by atoms with van der Waals surface area (Å²) in [5.74, 6) is -8.27. The van der Waals surface area contributed by atoms with Gasteiger partial charge in [-0.25, -0.2) is 9.59 Å². The van der Waals surface area contributed by atoms with Gasteiger partial charge in [-0.1, -0.05) is 19.2 Å². The topological polar surface area (TPSA) is 151 Å². The number of aromatic hydroxyl groups is 2. The number of carbonyl (C=O) groups excluding carboxylic acids is 3. The Morgan fingerprint density at radius 2 is 1.47 bits per heavy atom. The molecule has 1 aromatic rings. The summed E-state index contributed by atoms with van der Waals surface area (Å²) < 4.78 is 10.2. The van der Waals surface area contributed by atoms with Crippen molar-refractivity contribution in [1.82, 2.24) is 0 Å². The van der Waals surface area contributed by atoms with Crippen LogP contribution in [0.3, 0.4) is 0 Å². The van der Waals surface area contributed by atoms with E-state index in [0.29, 0.717) is 0 Å². The molecule has 9 nitrogen and oxygen atoms in total. The third-order valence-electron chi connectivity index (χ3n) is 4.02. The van der Waals surface area contributed by atoms with E-state index < -0.39 is 64.1 Å². The molecule has 1 aliphatic rings. The Kier molecular flexibility index (Phi) is 6.06. The number of benzene rings is 1. The lowest BCUT2D eigenvalue weighted by Crippen LogP contribution is -2.44. The van der Waals surface area contributed by atoms with E-state index >= 15 is 0 Å². The fraction of sp³-hybridized carbons (Fsp3) is 0.190. The molecule has 9 heteroatoms. The van der Waals surface area contributed by atoms with Crippen LogP contribution in [0.15, 0.2) is 59.9 Å². The van der Waals surface area contributed by atoms with Crippen LogP contribution in [-0.4, -0.2) is 43.9 Å². The molecule has 4 N–H and O–H groups in total. The van der Waals surface area contributed by atoms with Crippen LogP contribution in [0.4, 0.5) is 0 Å². The molecule has 0 saturated heterocycles. The number of rotatable bonds is 5. The highest BCUT2D eigenvalue weighted by molar-refractivity contribution is 6.07. The molecule has 30 heavy (non-hydrogen) atoms. The summed E-state index contributed by atoms with van der Waals surface area (Å²) in [6.07, 6.45) is -0.0540. The number of phenols is 2. The average Bonchev–Trinajstić information content (AvgIpc) is 2.60. The first-order chi connectivity index (χ1) is 13.9. The number of esters is 2. The Hall–Kier alpha value is -4.01. The molecule has 0 amide bonds. The van der Waals surface area contributed by atoms with Crippen molar-refractivity contribution in [1.29, 1.82) is 0 Å². The molecule has 0 fully saturated rings. The van der Waals surface area contributed by atoms with Crippen molar-refractivity contribution in [2.24, 2.45) is 0 Å². The van der Waals surface area contributed by atoms with Crippen molar-refractivity contribution >= 4 is 23.5 Å². The Balaban J connectivity index is 2.64. The standard InChI is InChI=1S/C21H20O9/c1-10(2)19(27)29-21(30-20(28)11(3)4)8-14(24)17(15(25)9-21)18(26)16-12(22)6-5-7-13(16)23/h5-8,22-24,26H,1,3,9H2,2,4H3. The molecule has 0 heterocycles. The minimum Gasteiger partial charge on any atom is -0.507 e. The van der Waals surface area contributed by atoms with Gasteiger partial charge in [0.05, 0.1) is 6.42 Å². The van der Waals surface area contributed by atoms with Crippen molar-refractivity contribution in [3.63, 3.8) is 0 Å². The fourth-order valence-electron chi connectivity index (χ4n) is 2.58. The van der Waals surface area contributed by atoms with Gasteiger partial charge in [0.15, 0.2) is 5.78 Å². The number of ether oxygens (including phenoxy) is 2. The summed E-state index contributed by atoms with van der Waals surface area (Å²) >= 11 is 0. The highest BCUT2D eigenvalue weighted by Gasteiger charge is 2.46. The first-order valence-corrected chi connectivity index (χ1v) is 8.56. The van der Waals surface area contributed by atoms with Gasteiger partial charge in [0.2, 0.25) is 0 Å². The third kappa shape index (κ3) is 4.35. The van der Waals surface area contributed by atoms with Crippen molar-refractivity contribution in [3.05, 3.63) is 65.5 Å². The summed E-state index contributed by atoms with van der Waals surface area (Å²) in [6.45, 7) is 9.45. The molecule has 0 radical (unpaired) electrons. The summed E-state index contributed by atoms with van der Waals surface area (Å²) in [5, 5.41) is 40.7. The number of allylic oxidation sites excluding steroid dienone is 1. The lowest BCUT2D eigenvalue weighted by Gasteiger charge is -2.33. The monoisotopic (exact) mass is 416 g/mol. The molecular formula is C21H20O9. The van der Waals surface area contributed by atoms with Gasteiger partial charge in [0.1, 0.15) is 34.2 Å². The van der Waals surface area contributed by atoms with Crippen molar-refractivity contribution < 1.29 is 44.3 Å². The Morgan fingerprint density at radius 3 is 1.87 bits per heavy atom. The van der Waals surface area contributed by atoms with E-state index in [2.05, 4.69) is 13.2 Å². The van der Waals surface area contributed by atoms with E-state index in [1.807, 2.05) is 0 Å².